The van der Waals surface area contributed by atoms with E-state index in [0.29, 0.717) is 0 Å². The van der Waals surface area contributed by atoms with Crippen LogP contribution in [0.1, 0.15) is 13.8 Å². The molecule has 0 N–H and O–H groups in total. The van der Waals surface area contributed by atoms with Crippen LogP contribution < -0.4 is 0 Å². The zero-order valence-corrected chi connectivity index (χ0v) is 7.93. The first-order valence-corrected chi connectivity index (χ1v) is 4.18. The van der Waals surface area contributed by atoms with Gasteiger partial charge in [-0.1, -0.05) is 36.0 Å². The van der Waals surface area contributed by atoms with Gasteiger partial charge in [-0.05, 0) is 25.4 Å². The van der Waals surface area contributed by atoms with Crippen molar-refractivity contribution in [1.82, 2.24) is 0 Å². The number of hydrogen-bond donors (Lipinski definition) is 0. The standard InChI is InChI=1S/C10H11ClO/c1-8-5-3-4-6-10(2,7-8)9(11)12/h3-7H,1-2H3. The molecule has 0 saturated carbocycles. The predicted molar refractivity (Wildman–Crippen MR) is 51.0 cm³/mol. The van der Waals surface area contributed by atoms with Crippen molar-refractivity contribution in [2.45, 2.75) is 13.8 Å². The van der Waals surface area contributed by atoms with Gasteiger partial charge >= 0.3 is 0 Å². The van der Waals surface area contributed by atoms with Gasteiger partial charge in [0, 0.05) is 0 Å². The zero-order chi connectivity index (χ0) is 9.19. The molecular formula is C10H11ClO. The van der Waals surface area contributed by atoms with E-state index in [1.54, 1.807) is 13.0 Å². The fourth-order valence-corrected chi connectivity index (χ4v) is 1.27. The van der Waals surface area contributed by atoms with Gasteiger partial charge < -0.3 is 0 Å². The topological polar surface area (TPSA) is 17.1 Å². The number of hydrogen-bond acceptors (Lipinski definition) is 1. The van der Waals surface area contributed by atoms with Crippen LogP contribution in [0.25, 0.3) is 0 Å². The Kier molecular flexibility index (Phi) is 2.53. The fourth-order valence-electron chi connectivity index (χ4n) is 1.15. The van der Waals surface area contributed by atoms with Crippen molar-refractivity contribution in [1.29, 1.82) is 0 Å². The Labute approximate surface area is 77.4 Å². The molecule has 0 saturated heterocycles. The van der Waals surface area contributed by atoms with E-state index in [2.05, 4.69) is 0 Å². The normalized spacial score (nSPS) is 28.1. The van der Waals surface area contributed by atoms with Crippen molar-refractivity contribution in [3.8, 4) is 0 Å². The SMILES string of the molecule is CC1=CC(C)(C(=O)Cl)C=CC=C1. The van der Waals surface area contributed by atoms with Crippen molar-refractivity contribution in [3.63, 3.8) is 0 Å². The van der Waals surface area contributed by atoms with E-state index in [9.17, 15) is 4.79 Å². The molecule has 0 spiro atoms. The smallest absolute Gasteiger partial charge is 0.235 e. The molecule has 1 aliphatic rings. The summed E-state index contributed by atoms with van der Waals surface area (Å²) >= 11 is 5.47. The van der Waals surface area contributed by atoms with Gasteiger partial charge in [0.1, 0.15) is 0 Å². The van der Waals surface area contributed by atoms with E-state index < -0.39 is 5.41 Å². The summed E-state index contributed by atoms with van der Waals surface area (Å²) in [4.78, 5) is 11.1. The number of halogens is 1. The van der Waals surface area contributed by atoms with Gasteiger partial charge in [0.25, 0.3) is 0 Å². The molecule has 0 aromatic heterocycles. The third kappa shape index (κ3) is 1.86. The first-order chi connectivity index (χ1) is 5.54. The molecule has 2 heteroatoms. The first kappa shape index (κ1) is 9.27. The molecule has 1 atom stereocenters. The fraction of sp³-hybridized carbons (Fsp3) is 0.300. The van der Waals surface area contributed by atoms with E-state index in [4.69, 9.17) is 11.6 Å². The van der Waals surface area contributed by atoms with Crippen molar-refractivity contribution in [3.05, 3.63) is 36.0 Å². The highest BCUT2D eigenvalue weighted by Crippen LogP contribution is 2.27. The van der Waals surface area contributed by atoms with E-state index in [1.165, 1.54) is 0 Å². The Morgan fingerprint density at radius 1 is 1.50 bits per heavy atom. The highest BCUT2D eigenvalue weighted by Gasteiger charge is 2.26. The minimum absolute atomic E-state index is 0.346. The van der Waals surface area contributed by atoms with Gasteiger partial charge in [-0.25, -0.2) is 0 Å². The Hall–Kier alpha value is -0.820. The lowest BCUT2D eigenvalue weighted by Crippen LogP contribution is -2.18. The molecule has 12 heavy (non-hydrogen) atoms. The summed E-state index contributed by atoms with van der Waals surface area (Å²) in [6, 6.07) is 0. The average Bonchev–Trinajstić information content (AvgIpc) is 2.12. The van der Waals surface area contributed by atoms with Crippen LogP contribution in [0.4, 0.5) is 0 Å². The molecule has 0 radical (unpaired) electrons. The maximum atomic E-state index is 11.1. The minimum Gasteiger partial charge on any atom is -0.280 e. The molecule has 64 valence electrons. The quantitative estimate of drug-likeness (QED) is 0.570. The largest absolute Gasteiger partial charge is 0.280 e. The van der Waals surface area contributed by atoms with Crippen molar-refractivity contribution < 1.29 is 4.79 Å². The van der Waals surface area contributed by atoms with Crippen LogP contribution in [0.15, 0.2) is 36.0 Å². The van der Waals surface area contributed by atoms with E-state index in [0.717, 1.165) is 5.57 Å². The molecule has 1 aliphatic carbocycles. The monoisotopic (exact) mass is 182 g/mol. The second-order valence-electron chi connectivity index (χ2n) is 3.16. The van der Waals surface area contributed by atoms with E-state index in [-0.39, 0.29) is 5.24 Å². The minimum atomic E-state index is -0.644. The predicted octanol–water partition coefficient (Wildman–Crippen LogP) is 2.83. The van der Waals surface area contributed by atoms with Gasteiger partial charge in [-0.2, -0.15) is 0 Å². The number of carbonyl (C=O) groups is 1. The van der Waals surface area contributed by atoms with Gasteiger partial charge in [0.15, 0.2) is 0 Å². The lowest BCUT2D eigenvalue weighted by Gasteiger charge is -2.15. The van der Waals surface area contributed by atoms with Gasteiger partial charge in [-0.15, -0.1) is 0 Å². The lowest BCUT2D eigenvalue weighted by atomic mass is 9.90. The lowest BCUT2D eigenvalue weighted by molar-refractivity contribution is -0.115. The molecule has 0 amide bonds. The van der Waals surface area contributed by atoms with E-state index in [1.807, 2.05) is 31.2 Å². The van der Waals surface area contributed by atoms with Gasteiger partial charge in [-0.3, -0.25) is 4.79 Å². The summed E-state index contributed by atoms with van der Waals surface area (Å²) in [5, 5.41) is -0.346. The van der Waals surface area contributed by atoms with Crippen LogP contribution in [-0.4, -0.2) is 5.24 Å². The Balaban J connectivity index is 3.07. The van der Waals surface area contributed by atoms with Crippen LogP contribution in [-0.2, 0) is 4.79 Å². The summed E-state index contributed by atoms with van der Waals surface area (Å²) in [6.45, 7) is 3.75. The Bertz CT molecular complexity index is 286. The summed E-state index contributed by atoms with van der Waals surface area (Å²) < 4.78 is 0. The second kappa shape index (κ2) is 3.28. The number of carbonyl (C=O) groups excluding carboxylic acids is 1. The molecule has 0 heterocycles. The molecule has 0 bridgehead atoms. The van der Waals surface area contributed by atoms with Crippen molar-refractivity contribution >= 4 is 16.8 Å². The first-order valence-electron chi connectivity index (χ1n) is 3.80. The summed E-state index contributed by atoms with van der Waals surface area (Å²) in [5.74, 6) is 0. The van der Waals surface area contributed by atoms with Crippen molar-refractivity contribution in [2.75, 3.05) is 0 Å². The highest BCUT2D eigenvalue weighted by atomic mass is 35.5. The zero-order valence-electron chi connectivity index (χ0n) is 7.17. The molecule has 1 unspecified atom stereocenters. The Morgan fingerprint density at radius 2 is 2.17 bits per heavy atom. The van der Waals surface area contributed by atoms with E-state index >= 15 is 0 Å². The summed E-state index contributed by atoms with van der Waals surface area (Å²) in [6.07, 6.45) is 9.35. The van der Waals surface area contributed by atoms with Crippen LogP contribution in [0, 0.1) is 5.41 Å². The Morgan fingerprint density at radius 3 is 2.75 bits per heavy atom. The van der Waals surface area contributed by atoms with Crippen LogP contribution in [0.3, 0.4) is 0 Å². The van der Waals surface area contributed by atoms with Crippen LogP contribution in [0.5, 0.6) is 0 Å². The molecule has 0 aromatic rings. The molecule has 0 aliphatic heterocycles. The molecule has 1 nitrogen and oxygen atoms in total. The highest BCUT2D eigenvalue weighted by molar-refractivity contribution is 6.65. The molecule has 0 fully saturated rings. The number of rotatable bonds is 1. The van der Waals surface area contributed by atoms with Gasteiger partial charge in [0.2, 0.25) is 5.24 Å². The van der Waals surface area contributed by atoms with Crippen molar-refractivity contribution in [2.24, 2.45) is 5.41 Å². The van der Waals surface area contributed by atoms with Crippen LogP contribution >= 0.6 is 11.6 Å². The summed E-state index contributed by atoms with van der Waals surface area (Å²) in [7, 11) is 0. The number of allylic oxidation sites excluding steroid dienone is 6. The van der Waals surface area contributed by atoms with Gasteiger partial charge in [0.05, 0.1) is 5.41 Å². The second-order valence-corrected chi connectivity index (χ2v) is 3.51. The third-order valence-electron chi connectivity index (χ3n) is 1.86. The van der Waals surface area contributed by atoms with Crippen LogP contribution in [0.2, 0.25) is 0 Å². The average molecular weight is 183 g/mol. The maximum Gasteiger partial charge on any atom is 0.235 e. The third-order valence-corrected chi connectivity index (χ3v) is 2.27. The molecule has 1 rings (SSSR count). The molecular weight excluding hydrogens is 172 g/mol. The summed E-state index contributed by atoms with van der Waals surface area (Å²) in [5.41, 5.74) is 0.409. The maximum absolute atomic E-state index is 11.1. The molecule has 0 aromatic carbocycles.